The minimum absolute atomic E-state index is 0.0144. The molecule has 0 spiro atoms. The van der Waals surface area contributed by atoms with E-state index < -0.39 is 51.3 Å². The Morgan fingerprint density at radius 2 is 1.73 bits per heavy atom. The van der Waals surface area contributed by atoms with Gasteiger partial charge in [-0.25, -0.2) is 9.59 Å². The van der Waals surface area contributed by atoms with Crippen molar-refractivity contribution in [3.8, 4) is 11.5 Å². The number of nitrogen functional groups attached to an aromatic ring is 1. The highest BCUT2D eigenvalue weighted by molar-refractivity contribution is 6.03. The number of carbonyl (C=O) groups is 2. The predicted octanol–water partition coefficient (Wildman–Crippen LogP) is 0.750. The van der Waals surface area contributed by atoms with Gasteiger partial charge in [0.2, 0.25) is 5.78 Å². The van der Waals surface area contributed by atoms with E-state index in [-0.39, 0.29) is 29.8 Å². The van der Waals surface area contributed by atoms with Crippen LogP contribution in [0.3, 0.4) is 0 Å². The number of ether oxygens (including phenoxy) is 3. The molecule has 1 aromatic heterocycles. The number of esters is 1. The van der Waals surface area contributed by atoms with Gasteiger partial charge in [-0.1, -0.05) is 13.8 Å². The van der Waals surface area contributed by atoms with Gasteiger partial charge in [0.1, 0.15) is 16.9 Å². The molecule has 0 bridgehead atoms. The molecule has 0 atom stereocenters. The Morgan fingerprint density at radius 3 is 2.24 bits per heavy atom. The number of Topliss-reactive ketones (excluding diaryl/α,β-unsaturated/α-hetero) is 1. The Hall–Kier alpha value is -4.16. The average molecular weight is 464 g/mol. The molecule has 0 saturated heterocycles. The Morgan fingerprint density at radius 1 is 1.15 bits per heavy atom. The highest BCUT2D eigenvalue weighted by Crippen LogP contribution is 2.34. The van der Waals surface area contributed by atoms with Crippen LogP contribution in [0.2, 0.25) is 0 Å². The molecule has 0 radical (unpaired) electrons. The van der Waals surface area contributed by atoms with Crippen LogP contribution in [0.15, 0.2) is 21.7 Å². The molecule has 1 aromatic carbocycles. The van der Waals surface area contributed by atoms with Crippen molar-refractivity contribution in [2.24, 2.45) is 13.0 Å². The maximum Gasteiger partial charge on any atom is 0.345 e. The van der Waals surface area contributed by atoms with Crippen molar-refractivity contribution in [3.63, 3.8) is 0 Å². The zero-order valence-electron chi connectivity index (χ0n) is 18.7. The Balaban J connectivity index is 2.40. The van der Waals surface area contributed by atoms with Crippen molar-refractivity contribution < 1.29 is 28.7 Å². The van der Waals surface area contributed by atoms with E-state index in [0.717, 1.165) is 21.3 Å². The molecule has 2 aromatic rings. The summed E-state index contributed by atoms with van der Waals surface area (Å²) in [6.07, 6.45) is 0. The fraction of sp³-hybridized carbons (Fsp3) is 0.400. The van der Waals surface area contributed by atoms with Gasteiger partial charge in [-0.2, -0.15) is 0 Å². The van der Waals surface area contributed by atoms with Gasteiger partial charge >= 0.3 is 11.7 Å². The van der Waals surface area contributed by atoms with Crippen molar-refractivity contribution in [2.45, 2.75) is 20.4 Å². The van der Waals surface area contributed by atoms with E-state index in [1.54, 1.807) is 0 Å². The molecular weight excluding hydrogens is 440 g/mol. The number of methoxy groups -OCH3 is 2. The van der Waals surface area contributed by atoms with Gasteiger partial charge in [-0.3, -0.25) is 28.8 Å². The van der Waals surface area contributed by atoms with E-state index >= 15 is 0 Å². The molecule has 0 saturated carbocycles. The smallest absolute Gasteiger partial charge is 0.345 e. The number of aromatic nitrogens is 2. The van der Waals surface area contributed by atoms with Crippen LogP contribution < -0.4 is 26.5 Å². The molecule has 13 heteroatoms. The average Bonchev–Trinajstić information content (AvgIpc) is 2.77. The second-order valence-electron chi connectivity index (χ2n) is 7.39. The van der Waals surface area contributed by atoms with Crippen molar-refractivity contribution in [3.05, 3.63) is 54.2 Å². The van der Waals surface area contributed by atoms with Gasteiger partial charge in [-0.05, 0) is 5.92 Å². The molecule has 0 amide bonds. The summed E-state index contributed by atoms with van der Waals surface area (Å²) < 4.78 is 16.8. The fourth-order valence-corrected chi connectivity index (χ4v) is 3.05. The summed E-state index contributed by atoms with van der Waals surface area (Å²) in [5, 5.41) is 11.4. The number of hydrogen-bond acceptors (Lipinski definition) is 10. The minimum atomic E-state index is -1.21. The number of ketones is 1. The monoisotopic (exact) mass is 464 g/mol. The number of nitrogens with zero attached hydrogens (tertiary/aromatic N) is 3. The normalized spacial score (nSPS) is 10.7. The number of benzene rings is 1. The summed E-state index contributed by atoms with van der Waals surface area (Å²) >= 11 is 0. The first-order valence-electron chi connectivity index (χ1n) is 9.64. The Labute approximate surface area is 187 Å². The van der Waals surface area contributed by atoms with Gasteiger partial charge in [0.25, 0.3) is 11.2 Å². The third-order valence-electron chi connectivity index (χ3n) is 4.66. The molecule has 2 rings (SSSR count). The van der Waals surface area contributed by atoms with Crippen LogP contribution in [-0.2, 0) is 18.3 Å². The first-order valence-corrected chi connectivity index (χ1v) is 9.64. The van der Waals surface area contributed by atoms with E-state index in [1.807, 2.05) is 13.8 Å². The molecule has 33 heavy (non-hydrogen) atoms. The molecule has 178 valence electrons. The first kappa shape index (κ1) is 25.1. The van der Waals surface area contributed by atoms with Gasteiger partial charge in [0.05, 0.1) is 25.2 Å². The second-order valence-corrected chi connectivity index (χ2v) is 7.39. The van der Waals surface area contributed by atoms with Gasteiger partial charge in [0, 0.05) is 19.7 Å². The van der Waals surface area contributed by atoms with E-state index in [1.165, 1.54) is 21.3 Å². The predicted molar refractivity (Wildman–Crippen MR) is 116 cm³/mol. The lowest BCUT2D eigenvalue weighted by molar-refractivity contribution is -0.385. The summed E-state index contributed by atoms with van der Waals surface area (Å²) in [4.78, 5) is 60.6. The number of hydrogen-bond donors (Lipinski definition) is 1. The number of anilines is 1. The summed E-state index contributed by atoms with van der Waals surface area (Å²) in [6.45, 7) is 2.84. The molecule has 0 aliphatic carbocycles. The van der Waals surface area contributed by atoms with Gasteiger partial charge in [-0.15, -0.1) is 0 Å². The number of nitrogens with two attached hydrogens (primary N) is 1. The molecule has 2 N–H and O–H groups in total. The largest absolute Gasteiger partial charge is 0.493 e. The second kappa shape index (κ2) is 9.97. The SMILES string of the molecule is COc1cc(C(=O)OCC(=O)c2c(N)n(CC(C)C)c(=O)n(C)c2=O)c([N+](=O)[O-])cc1OC. The fourth-order valence-electron chi connectivity index (χ4n) is 3.05. The zero-order chi connectivity index (χ0) is 25.0. The summed E-state index contributed by atoms with van der Waals surface area (Å²) in [5.74, 6) is -2.51. The molecule has 0 unspecified atom stereocenters. The van der Waals surface area contributed by atoms with Crippen molar-refractivity contribution in [1.29, 1.82) is 0 Å². The lowest BCUT2D eigenvalue weighted by Gasteiger charge is -2.16. The standard InChI is InChI=1S/C20H24N4O9/c1-10(2)8-23-17(21)16(18(26)22(3)20(23)28)13(25)9-33-19(27)11-6-14(31-4)15(32-5)7-12(11)24(29)30/h6-7,10H,8-9,21H2,1-5H3. The van der Waals surface area contributed by atoms with Crippen LogP contribution in [0.5, 0.6) is 11.5 Å². The van der Waals surface area contributed by atoms with E-state index in [9.17, 15) is 29.3 Å². The number of nitro groups is 1. The van der Waals surface area contributed by atoms with Crippen molar-refractivity contribution in [1.82, 2.24) is 9.13 Å². The van der Waals surface area contributed by atoms with Gasteiger partial charge in [0.15, 0.2) is 18.1 Å². The third-order valence-corrected chi connectivity index (χ3v) is 4.66. The van der Waals surface area contributed by atoms with E-state index in [2.05, 4.69) is 0 Å². The Bertz CT molecular complexity index is 1230. The number of carbonyl (C=O) groups excluding carboxylic acids is 2. The van der Waals surface area contributed by atoms with E-state index in [0.29, 0.717) is 0 Å². The van der Waals surface area contributed by atoms with Crippen LogP contribution in [-0.4, -0.2) is 46.6 Å². The zero-order valence-corrected chi connectivity index (χ0v) is 18.7. The van der Waals surface area contributed by atoms with E-state index in [4.69, 9.17) is 19.9 Å². The lowest BCUT2D eigenvalue weighted by atomic mass is 10.1. The van der Waals surface area contributed by atoms with Crippen LogP contribution >= 0.6 is 0 Å². The van der Waals surface area contributed by atoms with Crippen molar-refractivity contribution in [2.75, 3.05) is 26.6 Å². The van der Waals surface area contributed by atoms with Crippen LogP contribution in [0.4, 0.5) is 11.5 Å². The Kier molecular flexibility index (Phi) is 7.59. The molecular formula is C20H24N4O9. The minimum Gasteiger partial charge on any atom is -0.493 e. The molecule has 0 aliphatic heterocycles. The molecule has 0 fully saturated rings. The number of nitro benzene ring substituents is 1. The number of rotatable bonds is 9. The van der Waals surface area contributed by atoms with Gasteiger partial charge < -0.3 is 19.9 Å². The first-order chi connectivity index (χ1) is 15.4. The van der Waals surface area contributed by atoms with Crippen molar-refractivity contribution >= 4 is 23.3 Å². The molecule has 0 aliphatic rings. The van der Waals surface area contributed by atoms with Crippen LogP contribution in [0.25, 0.3) is 0 Å². The maximum atomic E-state index is 12.7. The third kappa shape index (κ3) is 5.02. The summed E-state index contributed by atoms with van der Waals surface area (Å²) in [6, 6.07) is 2.02. The quantitative estimate of drug-likeness (QED) is 0.241. The highest BCUT2D eigenvalue weighted by Gasteiger charge is 2.28. The highest BCUT2D eigenvalue weighted by atomic mass is 16.6. The lowest BCUT2D eigenvalue weighted by Crippen LogP contribution is -2.43. The van der Waals surface area contributed by atoms with Crippen LogP contribution in [0, 0.1) is 16.0 Å². The molecule has 13 nitrogen and oxygen atoms in total. The topological polar surface area (TPSA) is 175 Å². The summed E-state index contributed by atoms with van der Waals surface area (Å²) in [7, 11) is 3.73. The van der Waals surface area contributed by atoms with Crippen LogP contribution in [0.1, 0.15) is 34.6 Å². The molecule has 1 heterocycles. The maximum absolute atomic E-state index is 12.7. The summed E-state index contributed by atoms with van der Waals surface area (Å²) in [5.41, 5.74) is 2.64.